The first-order chi connectivity index (χ1) is 32.2. The fraction of sp³-hybridized carbons (Fsp3) is 0. The Bertz CT molecular complexity index is 4180. The lowest BCUT2D eigenvalue weighted by molar-refractivity contribution is 1.18. The van der Waals surface area contributed by atoms with Crippen LogP contribution in [0.15, 0.2) is 224 Å². The zero-order valence-electron chi connectivity index (χ0n) is 35.1. The Balaban J connectivity index is 0.883. The van der Waals surface area contributed by atoms with Gasteiger partial charge in [0.15, 0.2) is 0 Å². The number of fused-ring (bicyclic) bond motifs is 14. The number of thiazole rings is 1. The van der Waals surface area contributed by atoms with Gasteiger partial charge in [0.25, 0.3) is 0 Å². The molecule has 3 aromatic heterocycles. The normalized spacial score (nSPS) is 12.0. The molecule has 14 rings (SSSR count). The van der Waals surface area contributed by atoms with Crippen LogP contribution >= 0.6 is 11.3 Å². The lowest BCUT2D eigenvalue weighted by Gasteiger charge is -2.13. The van der Waals surface area contributed by atoms with Gasteiger partial charge in [-0.1, -0.05) is 152 Å². The standard InChI is InChI=1S/C61H37N3S/c1-3-13-39(14-4-1)61-62-55-32-31-51-54-37-42(27-34-58(54)64(59(51)60(55)65-61)43-15-5-2-6-16-43)41-26-33-57-53(36-41)50-21-11-12-22-56(50)63(57)44-28-23-38(24-29-44)40-25-30-49-47-19-8-7-17-45(47)46-18-9-10-20-48(46)52(49)35-40/h1-37H. The maximum atomic E-state index is 5.13. The maximum absolute atomic E-state index is 5.13. The highest BCUT2D eigenvalue weighted by molar-refractivity contribution is 7.22. The molecule has 0 atom stereocenters. The molecule has 65 heavy (non-hydrogen) atoms. The molecule has 14 aromatic rings. The highest BCUT2D eigenvalue weighted by Crippen LogP contribution is 2.43. The van der Waals surface area contributed by atoms with E-state index in [1.54, 1.807) is 11.3 Å². The molecule has 0 spiro atoms. The Labute approximate surface area is 378 Å². The minimum Gasteiger partial charge on any atom is -0.309 e. The topological polar surface area (TPSA) is 22.8 Å². The van der Waals surface area contributed by atoms with Gasteiger partial charge >= 0.3 is 0 Å². The van der Waals surface area contributed by atoms with Crippen molar-refractivity contribution in [2.24, 2.45) is 0 Å². The van der Waals surface area contributed by atoms with Crippen molar-refractivity contribution >= 4 is 97.5 Å². The zero-order valence-corrected chi connectivity index (χ0v) is 35.9. The monoisotopic (exact) mass is 843 g/mol. The van der Waals surface area contributed by atoms with E-state index in [0.717, 1.165) is 27.5 Å². The molecular formula is C61H37N3S. The summed E-state index contributed by atoms with van der Waals surface area (Å²) in [5, 5.41) is 13.7. The molecule has 0 amide bonds. The number of para-hydroxylation sites is 2. The molecule has 0 aliphatic rings. The Kier molecular flexibility index (Phi) is 7.85. The van der Waals surface area contributed by atoms with Crippen molar-refractivity contribution in [1.29, 1.82) is 0 Å². The van der Waals surface area contributed by atoms with Gasteiger partial charge in [0.2, 0.25) is 0 Å². The quantitative estimate of drug-likeness (QED) is 0.158. The molecule has 0 radical (unpaired) electrons. The van der Waals surface area contributed by atoms with Gasteiger partial charge in [0.1, 0.15) is 5.01 Å². The fourth-order valence-corrected chi connectivity index (χ4v) is 11.6. The molecule has 11 aromatic carbocycles. The van der Waals surface area contributed by atoms with Crippen LogP contribution in [-0.2, 0) is 0 Å². The molecule has 0 bridgehead atoms. The van der Waals surface area contributed by atoms with Crippen LogP contribution in [-0.4, -0.2) is 14.1 Å². The van der Waals surface area contributed by atoms with E-state index in [2.05, 4.69) is 234 Å². The van der Waals surface area contributed by atoms with Gasteiger partial charge in [-0.15, -0.1) is 11.3 Å². The second kappa shape index (κ2) is 14.1. The van der Waals surface area contributed by atoms with Crippen LogP contribution in [0.25, 0.3) is 130 Å². The lowest BCUT2D eigenvalue weighted by atomic mass is 9.92. The van der Waals surface area contributed by atoms with Gasteiger partial charge in [-0.25, -0.2) is 4.98 Å². The first-order valence-electron chi connectivity index (χ1n) is 22.2. The van der Waals surface area contributed by atoms with E-state index in [0.29, 0.717) is 0 Å². The third kappa shape index (κ3) is 5.51. The van der Waals surface area contributed by atoms with E-state index in [-0.39, 0.29) is 0 Å². The average molecular weight is 844 g/mol. The van der Waals surface area contributed by atoms with Gasteiger partial charge in [-0.05, 0) is 127 Å². The van der Waals surface area contributed by atoms with Crippen LogP contribution in [0, 0.1) is 0 Å². The number of nitrogens with zero attached hydrogens (tertiary/aromatic N) is 3. The summed E-state index contributed by atoms with van der Waals surface area (Å²) in [5.41, 5.74) is 14.0. The predicted octanol–water partition coefficient (Wildman–Crippen LogP) is 17.0. The van der Waals surface area contributed by atoms with Crippen LogP contribution in [0.2, 0.25) is 0 Å². The molecule has 302 valence electrons. The van der Waals surface area contributed by atoms with E-state index in [1.165, 1.54) is 103 Å². The Morgan fingerprint density at radius 1 is 0.292 bits per heavy atom. The Hall–Kier alpha value is -8.31. The number of rotatable bonds is 5. The van der Waals surface area contributed by atoms with Gasteiger partial charge < -0.3 is 9.13 Å². The van der Waals surface area contributed by atoms with E-state index in [9.17, 15) is 0 Å². The van der Waals surface area contributed by atoms with Crippen LogP contribution in [0.4, 0.5) is 0 Å². The van der Waals surface area contributed by atoms with Gasteiger partial charge in [0, 0.05) is 38.5 Å². The van der Waals surface area contributed by atoms with Crippen molar-refractivity contribution in [3.63, 3.8) is 0 Å². The SMILES string of the molecule is c1ccc(-c2nc3ccc4c5cc(-c6ccc7c(c6)c6ccccc6n7-c6ccc(-c7ccc8c9ccccc9c9ccccc9c8c7)cc6)ccc5n(-c5ccccc5)c4c3s2)cc1. The first kappa shape index (κ1) is 36.2. The van der Waals surface area contributed by atoms with E-state index in [4.69, 9.17) is 4.98 Å². The summed E-state index contributed by atoms with van der Waals surface area (Å²) in [7, 11) is 0. The Morgan fingerprint density at radius 3 is 1.45 bits per heavy atom. The summed E-state index contributed by atoms with van der Waals surface area (Å²) in [6, 6.07) is 82.1. The molecule has 0 N–H and O–H groups in total. The molecular weight excluding hydrogens is 807 g/mol. The molecule has 3 nitrogen and oxygen atoms in total. The predicted molar refractivity (Wildman–Crippen MR) is 277 cm³/mol. The van der Waals surface area contributed by atoms with Crippen LogP contribution in [0.1, 0.15) is 0 Å². The molecule has 0 saturated carbocycles. The zero-order chi connectivity index (χ0) is 42.6. The average Bonchev–Trinajstić information content (AvgIpc) is 4.07. The molecule has 0 aliphatic carbocycles. The van der Waals surface area contributed by atoms with Gasteiger partial charge in [-0.3, -0.25) is 0 Å². The lowest BCUT2D eigenvalue weighted by Crippen LogP contribution is -1.94. The third-order valence-electron chi connectivity index (χ3n) is 13.5. The Morgan fingerprint density at radius 2 is 0.754 bits per heavy atom. The molecule has 0 unspecified atom stereocenters. The number of hydrogen-bond acceptors (Lipinski definition) is 2. The van der Waals surface area contributed by atoms with Crippen LogP contribution < -0.4 is 0 Å². The van der Waals surface area contributed by atoms with E-state index < -0.39 is 0 Å². The highest BCUT2D eigenvalue weighted by atomic mass is 32.1. The summed E-state index contributed by atoms with van der Waals surface area (Å²) >= 11 is 1.77. The van der Waals surface area contributed by atoms with Crippen molar-refractivity contribution in [1.82, 2.24) is 14.1 Å². The van der Waals surface area contributed by atoms with Crippen molar-refractivity contribution < 1.29 is 0 Å². The summed E-state index contributed by atoms with van der Waals surface area (Å²) in [5.74, 6) is 0. The number of benzene rings is 11. The number of aromatic nitrogens is 3. The highest BCUT2D eigenvalue weighted by Gasteiger charge is 2.20. The van der Waals surface area contributed by atoms with Crippen molar-refractivity contribution in [3.05, 3.63) is 224 Å². The second-order valence-electron chi connectivity index (χ2n) is 17.1. The van der Waals surface area contributed by atoms with Crippen LogP contribution in [0.3, 0.4) is 0 Å². The molecule has 3 heterocycles. The van der Waals surface area contributed by atoms with Gasteiger partial charge in [-0.2, -0.15) is 0 Å². The molecule has 0 fully saturated rings. The summed E-state index contributed by atoms with van der Waals surface area (Å²) in [4.78, 5) is 5.13. The van der Waals surface area contributed by atoms with Crippen molar-refractivity contribution in [2.45, 2.75) is 0 Å². The molecule has 0 aliphatic heterocycles. The maximum Gasteiger partial charge on any atom is 0.124 e. The minimum atomic E-state index is 1.02. The molecule has 4 heteroatoms. The third-order valence-corrected chi connectivity index (χ3v) is 14.7. The minimum absolute atomic E-state index is 1.02. The largest absolute Gasteiger partial charge is 0.309 e. The second-order valence-corrected chi connectivity index (χ2v) is 18.1. The summed E-state index contributed by atoms with van der Waals surface area (Å²) in [6.45, 7) is 0. The van der Waals surface area contributed by atoms with Crippen molar-refractivity contribution in [2.75, 3.05) is 0 Å². The van der Waals surface area contributed by atoms with E-state index in [1.807, 2.05) is 0 Å². The molecule has 0 saturated heterocycles. The fourth-order valence-electron chi connectivity index (χ4n) is 10.5. The summed E-state index contributed by atoms with van der Waals surface area (Å²) in [6.07, 6.45) is 0. The summed E-state index contributed by atoms with van der Waals surface area (Å²) < 4.78 is 6.04. The smallest absolute Gasteiger partial charge is 0.124 e. The number of hydrogen-bond donors (Lipinski definition) is 0. The van der Waals surface area contributed by atoms with Crippen molar-refractivity contribution in [3.8, 4) is 44.2 Å². The van der Waals surface area contributed by atoms with Gasteiger partial charge in [0.05, 0.1) is 32.3 Å². The first-order valence-corrected chi connectivity index (χ1v) is 23.0. The van der Waals surface area contributed by atoms with Crippen LogP contribution in [0.5, 0.6) is 0 Å². The van der Waals surface area contributed by atoms with E-state index >= 15 is 0 Å².